The van der Waals surface area contributed by atoms with Crippen LogP contribution in [0.1, 0.15) is 47.0 Å². The van der Waals surface area contributed by atoms with Crippen LogP contribution in [0.25, 0.3) is 0 Å². The number of thiol groups is 1. The van der Waals surface area contributed by atoms with Crippen molar-refractivity contribution in [3.63, 3.8) is 0 Å². The molecule has 0 radical (unpaired) electrons. The molecule has 0 aromatic rings. The van der Waals surface area contributed by atoms with Crippen molar-refractivity contribution in [3.05, 3.63) is 0 Å². The first-order valence-corrected chi connectivity index (χ1v) is 6.86. The van der Waals surface area contributed by atoms with Gasteiger partial charge in [0.2, 0.25) is 0 Å². The van der Waals surface area contributed by atoms with E-state index in [0.717, 1.165) is 23.9 Å². The summed E-state index contributed by atoms with van der Waals surface area (Å²) in [6, 6.07) is 1.62. The monoisotopic (exact) mass is 229 g/mol. The van der Waals surface area contributed by atoms with Crippen LogP contribution in [-0.4, -0.2) is 29.3 Å². The first-order valence-electron chi connectivity index (χ1n) is 6.35. The van der Waals surface area contributed by atoms with E-state index in [1.807, 2.05) is 0 Å². The smallest absolute Gasteiger partial charge is 0.0136 e. The molecule has 5 atom stereocenters. The Balaban J connectivity index is 2.16. The summed E-state index contributed by atoms with van der Waals surface area (Å²) in [5.41, 5.74) is 0. The molecule has 0 bridgehead atoms. The molecule has 1 aliphatic heterocycles. The molecule has 1 fully saturated rings. The van der Waals surface area contributed by atoms with Gasteiger partial charge in [-0.05, 0) is 38.6 Å². The summed E-state index contributed by atoms with van der Waals surface area (Å²) in [4.78, 5) is 2.53. The molecule has 1 aliphatic rings. The standard InChI is InChI=1S/C13H27NS/c1-9(12(4)15)7-6-8-13-10(2)11(3)14(13)5/h9-13,15H,6-8H2,1-5H3. The van der Waals surface area contributed by atoms with Gasteiger partial charge >= 0.3 is 0 Å². The molecular formula is C13H27NS. The predicted molar refractivity (Wildman–Crippen MR) is 71.6 cm³/mol. The molecule has 0 spiro atoms. The van der Waals surface area contributed by atoms with Crippen LogP contribution >= 0.6 is 12.6 Å². The quantitative estimate of drug-likeness (QED) is 0.707. The summed E-state index contributed by atoms with van der Waals surface area (Å²) >= 11 is 4.49. The molecule has 0 saturated carbocycles. The van der Waals surface area contributed by atoms with Gasteiger partial charge in [0.25, 0.3) is 0 Å². The Kier molecular flexibility index (Phi) is 4.98. The maximum absolute atomic E-state index is 4.49. The molecular weight excluding hydrogens is 202 g/mol. The number of hydrogen-bond donors (Lipinski definition) is 1. The number of likely N-dealkylation sites (tertiary alicyclic amines) is 1. The highest BCUT2D eigenvalue weighted by molar-refractivity contribution is 7.80. The van der Waals surface area contributed by atoms with Gasteiger partial charge in [0, 0.05) is 17.3 Å². The molecule has 0 N–H and O–H groups in total. The molecule has 0 amide bonds. The normalized spacial score (nSPS) is 36.0. The Morgan fingerprint density at radius 2 is 1.87 bits per heavy atom. The van der Waals surface area contributed by atoms with Crippen LogP contribution in [0.4, 0.5) is 0 Å². The molecule has 2 heteroatoms. The lowest BCUT2D eigenvalue weighted by molar-refractivity contribution is -0.0196. The van der Waals surface area contributed by atoms with Gasteiger partial charge in [-0.15, -0.1) is 0 Å². The molecule has 0 aromatic heterocycles. The summed E-state index contributed by atoms with van der Waals surface area (Å²) in [6.07, 6.45) is 4.06. The van der Waals surface area contributed by atoms with Crippen LogP contribution in [0.2, 0.25) is 0 Å². The highest BCUT2D eigenvalue weighted by atomic mass is 32.1. The first-order chi connectivity index (χ1) is 6.95. The van der Waals surface area contributed by atoms with E-state index in [2.05, 4.69) is 52.3 Å². The Morgan fingerprint density at radius 1 is 1.27 bits per heavy atom. The van der Waals surface area contributed by atoms with Gasteiger partial charge in [-0.2, -0.15) is 12.6 Å². The van der Waals surface area contributed by atoms with E-state index in [9.17, 15) is 0 Å². The van der Waals surface area contributed by atoms with Crippen LogP contribution in [-0.2, 0) is 0 Å². The molecule has 90 valence electrons. The highest BCUT2D eigenvalue weighted by Gasteiger charge is 2.39. The summed E-state index contributed by atoms with van der Waals surface area (Å²) in [5.74, 6) is 1.64. The second kappa shape index (κ2) is 5.58. The predicted octanol–water partition coefficient (Wildman–Crippen LogP) is 3.45. The van der Waals surface area contributed by atoms with Gasteiger partial charge in [-0.25, -0.2) is 0 Å². The van der Waals surface area contributed by atoms with Gasteiger partial charge in [-0.3, -0.25) is 0 Å². The van der Waals surface area contributed by atoms with E-state index in [4.69, 9.17) is 0 Å². The van der Waals surface area contributed by atoms with Crippen molar-refractivity contribution in [2.45, 2.75) is 64.3 Å². The van der Waals surface area contributed by atoms with Crippen LogP contribution in [0.5, 0.6) is 0 Å². The van der Waals surface area contributed by atoms with E-state index in [-0.39, 0.29) is 0 Å². The van der Waals surface area contributed by atoms with Crippen molar-refractivity contribution in [2.24, 2.45) is 11.8 Å². The summed E-state index contributed by atoms with van der Waals surface area (Å²) in [6.45, 7) is 9.24. The van der Waals surface area contributed by atoms with Crippen molar-refractivity contribution in [3.8, 4) is 0 Å². The third-order valence-electron chi connectivity index (χ3n) is 4.52. The Hall–Kier alpha value is 0.310. The average molecular weight is 229 g/mol. The lowest BCUT2D eigenvalue weighted by Gasteiger charge is -2.51. The maximum Gasteiger partial charge on any atom is 0.0136 e. The largest absolute Gasteiger partial charge is 0.300 e. The second-order valence-electron chi connectivity index (χ2n) is 5.48. The molecule has 15 heavy (non-hydrogen) atoms. The van der Waals surface area contributed by atoms with Crippen molar-refractivity contribution < 1.29 is 0 Å². The minimum absolute atomic E-state index is 0.542. The minimum Gasteiger partial charge on any atom is -0.300 e. The SMILES string of the molecule is CC(S)C(C)CCCC1C(C)C(C)N1C. The van der Waals surface area contributed by atoms with Crippen molar-refractivity contribution in [1.29, 1.82) is 0 Å². The summed E-state index contributed by atoms with van der Waals surface area (Å²) in [5, 5.41) is 0.542. The summed E-state index contributed by atoms with van der Waals surface area (Å²) in [7, 11) is 2.26. The average Bonchev–Trinajstić information content (AvgIpc) is 2.22. The van der Waals surface area contributed by atoms with Gasteiger partial charge in [0.1, 0.15) is 0 Å². The molecule has 5 unspecified atom stereocenters. The minimum atomic E-state index is 0.542. The first kappa shape index (κ1) is 13.4. The Labute approximate surface area is 101 Å². The van der Waals surface area contributed by atoms with E-state index in [0.29, 0.717) is 5.25 Å². The van der Waals surface area contributed by atoms with Crippen LogP contribution < -0.4 is 0 Å². The van der Waals surface area contributed by atoms with E-state index in [1.54, 1.807) is 0 Å². The van der Waals surface area contributed by atoms with Crippen LogP contribution in [0.3, 0.4) is 0 Å². The zero-order valence-corrected chi connectivity index (χ0v) is 11.8. The number of nitrogens with zero attached hydrogens (tertiary/aromatic N) is 1. The zero-order valence-electron chi connectivity index (χ0n) is 10.9. The second-order valence-corrected chi connectivity index (χ2v) is 6.30. The fourth-order valence-corrected chi connectivity index (χ4v) is 2.77. The molecule has 0 aliphatic carbocycles. The lowest BCUT2D eigenvalue weighted by atomic mass is 9.79. The van der Waals surface area contributed by atoms with Gasteiger partial charge in [0.05, 0.1) is 0 Å². The van der Waals surface area contributed by atoms with Crippen molar-refractivity contribution >= 4 is 12.6 Å². The Morgan fingerprint density at radius 3 is 2.33 bits per heavy atom. The van der Waals surface area contributed by atoms with Crippen molar-refractivity contribution in [1.82, 2.24) is 4.90 Å². The Bertz CT molecular complexity index is 183. The molecule has 0 aromatic carbocycles. The summed E-state index contributed by atoms with van der Waals surface area (Å²) < 4.78 is 0. The molecule has 1 heterocycles. The maximum atomic E-state index is 4.49. The molecule has 1 nitrogen and oxygen atoms in total. The van der Waals surface area contributed by atoms with Crippen LogP contribution in [0.15, 0.2) is 0 Å². The van der Waals surface area contributed by atoms with Crippen molar-refractivity contribution in [2.75, 3.05) is 7.05 Å². The zero-order chi connectivity index (χ0) is 11.6. The van der Waals surface area contributed by atoms with Gasteiger partial charge in [-0.1, -0.05) is 27.2 Å². The number of rotatable bonds is 5. The third-order valence-corrected chi connectivity index (χ3v) is 5.03. The lowest BCUT2D eigenvalue weighted by Crippen LogP contribution is -2.59. The topological polar surface area (TPSA) is 3.24 Å². The molecule has 1 saturated heterocycles. The van der Waals surface area contributed by atoms with Crippen LogP contribution in [0, 0.1) is 11.8 Å². The van der Waals surface area contributed by atoms with Gasteiger partial charge in [0.15, 0.2) is 0 Å². The highest BCUT2D eigenvalue weighted by Crippen LogP contribution is 2.33. The fourth-order valence-electron chi connectivity index (χ4n) is 2.62. The molecule has 1 rings (SSSR count). The fraction of sp³-hybridized carbons (Fsp3) is 1.00. The third kappa shape index (κ3) is 3.13. The van der Waals surface area contributed by atoms with E-state index < -0.39 is 0 Å². The van der Waals surface area contributed by atoms with E-state index in [1.165, 1.54) is 19.3 Å². The van der Waals surface area contributed by atoms with E-state index >= 15 is 0 Å². The van der Waals surface area contributed by atoms with Gasteiger partial charge < -0.3 is 4.90 Å². The number of hydrogen-bond acceptors (Lipinski definition) is 2.